The van der Waals surface area contributed by atoms with E-state index in [0.29, 0.717) is 13.2 Å². The van der Waals surface area contributed by atoms with Gasteiger partial charge in [-0.25, -0.2) is 0 Å². The number of ether oxygens (including phenoxy) is 4. The Morgan fingerprint density at radius 3 is 2.69 bits per heavy atom. The first-order valence-corrected chi connectivity index (χ1v) is 4.31. The van der Waals surface area contributed by atoms with E-state index in [1.54, 1.807) is 14.2 Å². The summed E-state index contributed by atoms with van der Waals surface area (Å²) in [5.41, 5.74) is -0.506. The molecule has 2 saturated heterocycles. The van der Waals surface area contributed by atoms with Crippen molar-refractivity contribution in [1.82, 2.24) is 0 Å². The molecule has 4 atom stereocenters. The standard InChI is InChI=1S/C8H13BO4/c1-10-4-8(11-2)5-3-12-6(8)7(9)13-5/h5-7H,3-4H2,1-2H3/t5-,6+,7-,8?/m1/s1. The maximum Gasteiger partial charge on any atom is 0.147 e. The number of hydrogen-bond acceptors (Lipinski definition) is 4. The van der Waals surface area contributed by atoms with Gasteiger partial charge in [-0.3, -0.25) is 0 Å². The number of fused-ring (bicyclic) bond motifs is 2. The molecule has 0 spiro atoms. The van der Waals surface area contributed by atoms with E-state index < -0.39 is 11.6 Å². The van der Waals surface area contributed by atoms with Crippen LogP contribution < -0.4 is 0 Å². The van der Waals surface area contributed by atoms with E-state index in [4.69, 9.17) is 26.8 Å². The van der Waals surface area contributed by atoms with E-state index in [0.717, 1.165) is 0 Å². The van der Waals surface area contributed by atoms with Crippen molar-refractivity contribution in [3.05, 3.63) is 0 Å². The van der Waals surface area contributed by atoms with Gasteiger partial charge in [-0.2, -0.15) is 0 Å². The van der Waals surface area contributed by atoms with Crippen LogP contribution in [0.2, 0.25) is 0 Å². The Morgan fingerprint density at radius 1 is 1.54 bits per heavy atom. The number of hydrogen-bond donors (Lipinski definition) is 0. The molecule has 1 unspecified atom stereocenters. The molecule has 0 saturated carbocycles. The Hall–Kier alpha value is -0.0951. The van der Waals surface area contributed by atoms with Gasteiger partial charge in [0.2, 0.25) is 0 Å². The molecule has 0 aliphatic carbocycles. The third-order valence-electron chi connectivity index (χ3n) is 2.82. The van der Waals surface area contributed by atoms with E-state index in [9.17, 15) is 0 Å². The highest BCUT2D eigenvalue weighted by Crippen LogP contribution is 2.41. The SMILES string of the molecule is [B][C@@H]1O[C@@H]2CO[C@@H]1C2(COC)OC. The first-order valence-electron chi connectivity index (χ1n) is 4.31. The first-order chi connectivity index (χ1) is 6.24. The van der Waals surface area contributed by atoms with E-state index >= 15 is 0 Å². The third kappa shape index (κ3) is 1.15. The summed E-state index contributed by atoms with van der Waals surface area (Å²) in [6.07, 6.45) is -0.306. The van der Waals surface area contributed by atoms with Gasteiger partial charge in [-0.05, 0) is 0 Å². The third-order valence-corrected chi connectivity index (χ3v) is 2.82. The van der Waals surface area contributed by atoms with Crippen molar-refractivity contribution < 1.29 is 18.9 Å². The molecule has 2 bridgehead atoms. The summed E-state index contributed by atoms with van der Waals surface area (Å²) in [5.74, 6) is 0. The highest BCUT2D eigenvalue weighted by atomic mass is 16.7. The molecule has 0 aromatic carbocycles. The molecule has 2 aliphatic rings. The Labute approximate surface area is 78.9 Å². The van der Waals surface area contributed by atoms with Gasteiger partial charge in [-0.1, -0.05) is 0 Å². The topological polar surface area (TPSA) is 36.9 Å². The highest BCUT2D eigenvalue weighted by molar-refractivity contribution is 6.11. The molecule has 2 radical (unpaired) electrons. The Bertz CT molecular complexity index is 201. The molecule has 13 heavy (non-hydrogen) atoms. The maximum atomic E-state index is 5.72. The quantitative estimate of drug-likeness (QED) is 0.544. The zero-order valence-electron chi connectivity index (χ0n) is 7.86. The second kappa shape index (κ2) is 3.24. The van der Waals surface area contributed by atoms with Crippen LogP contribution in [-0.2, 0) is 18.9 Å². The second-order valence-electron chi connectivity index (χ2n) is 3.44. The largest absolute Gasteiger partial charge is 0.381 e. The Morgan fingerprint density at radius 2 is 2.31 bits per heavy atom. The zero-order chi connectivity index (χ0) is 9.47. The molecule has 2 rings (SSSR count). The summed E-state index contributed by atoms with van der Waals surface area (Å²) >= 11 is 0. The molecule has 2 aliphatic heterocycles. The molecule has 2 heterocycles. The monoisotopic (exact) mass is 184 g/mol. The van der Waals surface area contributed by atoms with Crippen molar-refractivity contribution in [1.29, 1.82) is 0 Å². The molecule has 4 nitrogen and oxygen atoms in total. The van der Waals surface area contributed by atoms with Gasteiger partial charge in [0, 0.05) is 20.2 Å². The summed E-state index contributed by atoms with van der Waals surface area (Å²) < 4.78 is 21.5. The lowest BCUT2D eigenvalue weighted by molar-refractivity contribution is -0.0956. The highest BCUT2D eigenvalue weighted by Gasteiger charge is 2.61. The minimum atomic E-state index is -0.506. The van der Waals surface area contributed by atoms with E-state index in [1.807, 2.05) is 0 Å². The van der Waals surface area contributed by atoms with Crippen LogP contribution in [0.1, 0.15) is 0 Å². The Balaban J connectivity index is 2.20. The summed E-state index contributed by atoms with van der Waals surface area (Å²) in [6, 6.07) is -0.395. The fraction of sp³-hybridized carbons (Fsp3) is 1.00. The van der Waals surface area contributed by atoms with Crippen LogP contribution in [0.25, 0.3) is 0 Å². The lowest BCUT2D eigenvalue weighted by atomic mass is 9.86. The summed E-state index contributed by atoms with van der Waals surface area (Å²) in [4.78, 5) is 0. The Kier molecular flexibility index (Phi) is 2.36. The fourth-order valence-electron chi connectivity index (χ4n) is 2.15. The van der Waals surface area contributed by atoms with Crippen LogP contribution in [0.15, 0.2) is 0 Å². The average molecular weight is 184 g/mol. The summed E-state index contributed by atoms with van der Waals surface area (Å²) in [7, 11) is 8.98. The molecule has 5 heteroatoms. The normalized spacial score (nSPS) is 48.6. The van der Waals surface area contributed by atoms with Gasteiger partial charge in [0.25, 0.3) is 0 Å². The molecule has 0 amide bonds. The predicted molar refractivity (Wildman–Crippen MR) is 45.8 cm³/mol. The molecule has 0 aromatic rings. The number of rotatable bonds is 3. The van der Waals surface area contributed by atoms with Crippen molar-refractivity contribution in [3.63, 3.8) is 0 Å². The van der Waals surface area contributed by atoms with E-state index in [-0.39, 0.29) is 12.2 Å². The van der Waals surface area contributed by atoms with Crippen LogP contribution in [0, 0.1) is 0 Å². The van der Waals surface area contributed by atoms with E-state index in [1.165, 1.54) is 0 Å². The van der Waals surface area contributed by atoms with E-state index in [2.05, 4.69) is 0 Å². The van der Waals surface area contributed by atoms with Crippen LogP contribution in [0.5, 0.6) is 0 Å². The van der Waals surface area contributed by atoms with Crippen LogP contribution in [0.4, 0.5) is 0 Å². The van der Waals surface area contributed by atoms with Crippen molar-refractivity contribution in [3.8, 4) is 0 Å². The van der Waals surface area contributed by atoms with Crippen LogP contribution in [-0.4, -0.2) is 59.1 Å². The lowest BCUT2D eigenvalue weighted by Gasteiger charge is -2.28. The first kappa shape index (κ1) is 9.46. The molecular weight excluding hydrogens is 171 g/mol. The van der Waals surface area contributed by atoms with Gasteiger partial charge in [0.15, 0.2) is 0 Å². The minimum absolute atomic E-state index is 0.0996. The lowest BCUT2D eigenvalue weighted by Crippen LogP contribution is -2.49. The average Bonchev–Trinajstić information content (AvgIpc) is 2.58. The summed E-state index contributed by atoms with van der Waals surface area (Å²) in [6.45, 7) is 0.988. The van der Waals surface area contributed by atoms with Crippen molar-refractivity contribution in [2.45, 2.75) is 23.8 Å². The van der Waals surface area contributed by atoms with Crippen molar-refractivity contribution in [2.24, 2.45) is 0 Å². The fourth-order valence-corrected chi connectivity index (χ4v) is 2.15. The molecule has 0 aromatic heterocycles. The van der Waals surface area contributed by atoms with Gasteiger partial charge < -0.3 is 18.9 Å². The summed E-state index contributed by atoms with van der Waals surface area (Å²) in [5, 5.41) is 0. The van der Waals surface area contributed by atoms with Crippen LogP contribution in [0.3, 0.4) is 0 Å². The molecule has 0 N–H and O–H groups in total. The van der Waals surface area contributed by atoms with Gasteiger partial charge in [0.05, 0.1) is 13.2 Å². The molecular formula is C8H13BO4. The maximum absolute atomic E-state index is 5.72. The van der Waals surface area contributed by atoms with Gasteiger partial charge in [-0.15, -0.1) is 0 Å². The van der Waals surface area contributed by atoms with Crippen LogP contribution >= 0.6 is 0 Å². The van der Waals surface area contributed by atoms with Crippen molar-refractivity contribution >= 4 is 7.85 Å². The van der Waals surface area contributed by atoms with Gasteiger partial charge in [0.1, 0.15) is 25.7 Å². The molecule has 2 fully saturated rings. The molecule has 72 valence electrons. The smallest absolute Gasteiger partial charge is 0.147 e. The minimum Gasteiger partial charge on any atom is -0.381 e. The predicted octanol–water partition coefficient (Wildman–Crippen LogP) is -0.690. The zero-order valence-corrected chi connectivity index (χ0v) is 7.86. The van der Waals surface area contributed by atoms with Crippen molar-refractivity contribution in [2.75, 3.05) is 27.4 Å². The number of methoxy groups -OCH3 is 2. The van der Waals surface area contributed by atoms with Gasteiger partial charge >= 0.3 is 0 Å². The second-order valence-corrected chi connectivity index (χ2v) is 3.44.